The molecule has 7 nitrogen and oxygen atoms in total. The normalized spacial score (nSPS) is 17.8. The highest BCUT2D eigenvalue weighted by Crippen LogP contribution is 2.30. The fourth-order valence-electron chi connectivity index (χ4n) is 3.19. The third-order valence-electron chi connectivity index (χ3n) is 4.50. The number of aromatic nitrogens is 1. The van der Waals surface area contributed by atoms with Crippen molar-refractivity contribution < 1.29 is 22.3 Å². The van der Waals surface area contributed by atoms with Crippen LogP contribution in [-0.4, -0.2) is 49.5 Å². The zero-order valence-electron chi connectivity index (χ0n) is 15.6. The predicted octanol–water partition coefficient (Wildman–Crippen LogP) is 2.10. The van der Waals surface area contributed by atoms with Gasteiger partial charge >= 0.3 is 5.97 Å². The first kappa shape index (κ1) is 22.4. The first-order valence-corrected chi connectivity index (χ1v) is 10.1. The Morgan fingerprint density at radius 1 is 1.36 bits per heavy atom. The molecule has 0 amide bonds. The van der Waals surface area contributed by atoms with E-state index in [1.807, 2.05) is 0 Å². The Morgan fingerprint density at radius 3 is 2.79 bits per heavy atom. The van der Waals surface area contributed by atoms with Gasteiger partial charge in [-0.25, -0.2) is 17.6 Å². The van der Waals surface area contributed by atoms with Gasteiger partial charge in [0.25, 0.3) is 0 Å². The number of carbonyl (C=O) groups is 1. The third-order valence-corrected chi connectivity index (χ3v) is 6.37. The SMILES string of the molecule is CCOC(=O)c1cc(S(=O)(=O)N2CCNCC2c2cccc(F)c2)cn1C.Cl. The molecule has 154 valence electrons. The number of benzene rings is 1. The van der Waals surface area contributed by atoms with E-state index < -0.39 is 27.9 Å². The van der Waals surface area contributed by atoms with Crippen molar-refractivity contribution >= 4 is 28.4 Å². The summed E-state index contributed by atoms with van der Waals surface area (Å²) >= 11 is 0. The number of rotatable bonds is 5. The van der Waals surface area contributed by atoms with Crippen molar-refractivity contribution in [3.63, 3.8) is 0 Å². The molecular weight excluding hydrogens is 409 g/mol. The first-order chi connectivity index (χ1) is 12.8. The highest BCUT2D eigenvalue weighted by molar-refractivity contribution is 7.89. The second kappa shape index (κ2) is 9.04. The summed E-state index contributed by atoms with van der Waals surface area (Å²) in [4.78, 5) is 12.0. The van der Waals surface area contributed by atoms with E-state index >= 15 is 0 Å². The van der Waals surface area contributed by atoms with Crippen molar-refractivity contribution in [2.75, 3.05) is 26.2 Å². The smallest absolute Gasteiger partial charge is 0.354 e. The second-order valence-electron chi connectivity index (χ2n) is 6.28. The van der Waals surface area contributed by atoms with Crippen molar-refractivity contribution in [3.05, 3.63) is 53.6 Å². The summed E-state index contributed by atoms with van der Waals surface area (Å²) in [6.07, 6.45) is 1.40. The van der Waals surface area contributed by atoms with Gasteiger partial charge in [-0.2, -0.15) is 4.31 Å². The van der Waals surface area contributed by atoms with Crippen LogP contribution in [0.5, 0.6) is 0 Å². The number of nitrogens with zero attached hydrogens (tertiary/aromatic N) is 2. The Labute approximate surface area is 169 Å². The minimum absolute atomic E-state index is 0. The van der Waals surface area contributed by atoms with E-state index in [2.05, 4.69) is 5.32 Å². The summed E-state index contributed by atoms with van der Waals surface area (Å²) in [6, 6.07) is 6.71. The number of hydrogen-bond acceptors (Lipinski definition) is 5. The van der Waals surface area contributed by atoms with Gasteiger partial charge in [-0.15, -0.1) is 12.4 Å². The monoisotopic (exact) mass is 431 g/mol. The average Bonchev–Trinajstić information content (AvgIpc) is 3.05. The molecule has 1 aromatic carbocycles. The Bertz CT molecular complexity index is 948. The van der Waals surface area contributed by atoms with Gasteiger partial charge in [0.15, 0.2) is 0 Å². The van der Waals surface area contributed by atoms with Gasteiger partial charge in [0.05, 0.1) is 12.6 Å². The van der Waals surface area contributed by atoms with E-state index in [4.69, 9.17) is 4.74 Å². The lowest BCUT2D eigenvalue weighted by Gasteiger charge is -2.35. The fraction of sp³-hybridized carbons (Fsp3) is 0.389. The number of piperazine rings is 1. The highest BCUT2D eigenvalue weighted by Gasteiger charge is 2.35. The molecular formula is C18H23ClFN3O4S. The number of carbonyl (C=O) groups excluding carboxylic acids is 1. The summed E-state index contributed by atoms with van der Waals surface area (Å²) in [5.74, 6) is -0.997. The van der Waals surface area contributed by atoms with Gasteiger partial charge < -0.3 is 14.6 Å². The topological polar surface area (TPSA) is 80.6 Å². The zero-order chi connectivity index (χ0) is 19.6. The van der Waals surface area contributed by atoms with Crippen molar-refractivity contribution in [2.24, 2.45) is 7.05 Å². The molecule has 0 bridgehead atoms. The second-order valence-corrected chi connectivity index (χ2v) is 8.17. The van der Waals surface area contributed by atoms with Crippen molar-refractivity contribution in [3.8, 4) is 0 Å². The number of hydrogen-bond donors (Lipinski definition) is 1. The van der Waals surface area contributed by atoms with Crippen LogP contribution in [0.15, 0.2) is 41.4 Å². The van der Waals surface area contributed by atoms with Crippen LogP contribution in [0.4, 0.5) is 4.39 Å². The van der Waals surface area contributed by atoms with Crippen LogP contribution in [0.2, 0.25) is 0 Å². The highest BCUT2D eigenvalue weighted by atomic mass is 35.5. The molecule has 1 N–H and O–H groups in total. The van der Waals surface area contributed by atoms with E-state index in [9.17, 15) is 17.6 Å². The number of halogens is 2. The molecule has 0 spiro atoms. The molecule has 1 saturated heterocycles. The van der Waals surface area contributed by atoms with E-state index in [-0.39, 0.29) is 36.1 Å². The van der Waals surface area contributed by atoms with Gasteiger partial charge in [0, 0.05) is 32.9 Å². The van der Waals surface area contributed by atoms with E-state index in [1.54, 1.807) is 26.1 Å². The fourth-order valence-corrected chi connectivity index (χ4v) is 4.88. The molecule has 2 aromatic rings. The standard InChI is InChI=1S/C18H22FN3O4S.ClH/c1-3-26-18(23)16-10-15(12-21(16)2)27(24,25)22-8-7-20-11-17(22)13-5-4-6-14(19)9-13;/h4-6,9-10,12,17,20H,3,7-8,11H2,1-2H3;1H. The van der Waals surface area contributed by atoms with Crippen molar-refractivity contribution in [2.45, 2.75) is 17.9 Å². The molecule has 0 aliphatic carbocycles. The molecule has 1 fully saturated rings. The molecule has 3 rings (SSSR count). The van der Waals surface area contributed by atoms with E-state index in [1.165, 1.54) is 33.3 Å². The van der Waals surface area contributed by atoms with Gasteiger partial charge in [0.2, 0.25) is 10.0 Å². The summed E-state index contributed by atoms with van der Waals surface area (Å²) < 4.78 is 47.9. The van der Waals surface area contributed by atoms with Crippen LogP contribution in [0, 0.1) is 5.82 Å². The maximum atomic E-state index is 13.6. The largest absolute Gasteiger partial charge is 0.461 e. The Balaban J connectivity index is 0.00000280. The molecule has 0 saturated carbocycles. The lowest BCUT2D eigenvalue weighted by molar-refractivity contribution is 0.0515. The van der Waals surface area contributed by atoms with Crippen molar-refractivity contribution in [1.29, 1.82) is 0 Å². The minimum atomic E-state index is -3.88. The average molecular weight is 432 g/mol. The number of nitrogens with one attached hydrogen (secondary N) is 1. The van der Waals surface area contributed by atoms with Gasteiger partial charge in [-0.05, 0) is 30.7 Å². The number of esters is 1. The number of ether oxygens (including phenoxy) is 1. The molecule has 1 aliphatic heterocycles. The molecule has 10 heteroatoms. The molecule has 1 atom stereocenters. The van der Waals surface area contributed by atoms with Crippen molar-refractivity contribution in [1.82, 2.24) is 14.2 Å². The van der Waals surface area contributed by atoms with Crippen LogP contribution in [-0.2, 0) is 21.8 Å². The van der Waals surface area contributed by atoms with E-state index in [0.717, 1.165) is 0 Å². The van der Waals surface area contributed by atoms with Crippen LogP contribution in [0.3, 0.4) is 0 Å². The number of sulfonamides is 1. The maximum absolute atomic E-state index is 13.6. The maximum Gasteiger partial charge on any atom is 0.354 e. The van der Waals surface area contributed by atoms with Gasteiger partial charge in [0.1, 0.15) is 16.4 Å². The van der Waals surface area contributed by atoms with Crippen LogP contribution in [0.25, 0.3) is 0 Å². The van der Waals surface area contributed by atoms with E-state index in [0.29, 0.717) is 18.7 Å². The Morgan fingerprint density at radius 2 is 2.11 bits per heavy atom. The molecule has 1 aliphatic rings. The molecule has 28 heavy (non-hydrogen) atoms. The van der Waals surface area contributed by atoms with Gasteiger partial charge in [-0.1, -0.05) is 12.1 Å². The lowest BCUT2D eigenvalue weighted by atomic mass is 10.1. The molecule has 0 radical (unpaired) electrons. The Kier molecular flexibility index (Phi) is 7.22. The zero-order valence-corrected chi connectivity index (χ0v) is 17.2. The summed E-state index contributed by atoms with van der Waals surface area (Å²) in [5, 5.41) is 3.15. The minimum Gasteiger partial charge on any atom is -0.461 e. The molecule has 2 heterocycles. The first-order valence-electron chi connectivity index (χ1n) is 8.66. The molecule has 1 unspecified atom stereocenters. The van der Waals surface area contributed by atoms with Gasteiger partial charge in [-0.3, -0.25) is 0 Å². The lowest BCUT2D eigenvalue weighted by Crippen LogP contribution is -2.48. The predicted molar refractivity (Wildman–Crippen MR) is 105 cm³/mol. The number of aryl methyl sites for hydroxylation is 1. The third kappa shape index (κ3) is 4.38. The quantitative estimate of drug-likeness (QED) is 0.733. The summed E-state index contributed by atoms with van der Waals surface area (Å²) in [6.45, 7) is 2.99. The van der Waals surface area contributed by atoms with Crippen LogP contribution in [0.1, 0.15) is 29.0 Å². The summed E-state index contributed by atoms with van der Waals surface area (Å²) in [5.41, 5.74) is 0.736. The van der Waals surface area contributed by atoms with Crippen LogP contribution < -0.4 is 5.32 Å². The van der Waals surface area contributed by atoms with Crippen LogP contribution >= 0.6 is 12.4 Å². The Hall–Kier alpha value is -1.94. The molecule has 1 aromatic heterocycles. The summed E-state index contributed by atoms with van der Waals surface area (Å²) in [7, 11) is -2.29.